The number of ether oxygens (including phenoxy) is 2. The molecule has 0 aromatic heterocycles. The van der Waals surface area contributed by atoms with Gasteiger partial charge in [0.2, 0.25) is 0 Å². The van der Waals surface area contributed by atoms with Crippen molar-refractivity contribution in [1.29, 1.82) is 0 Å². The average molecular weight is 470 g/mol. The summed E-state index contributed by atoms with van der Waals surface area (Å²) in [6.45, 7) is 7.43. The largest absolute Gasteiger partial charge is 0.598 e. The molecule has 0 amide bonds. The Balaban J connectivity index is 3.27. The highest BCUT2D eigenvalue weighted by atomic mass is 79.9. The third kappa shape index (κ3) is 8.33. The van der Waals surface area contributed by atoms with Crippen molar-refractivity contribution in [1.82, 2.24) is 4.72 Å². The molecule has 9 heteroatoms. The Morgan fingerprint density at radius 1 is 1.26 bits per heavy atom. The predicted octanol–water partition coefficient (Wildman–Crippen LogP) is 4.88. The summed E-state index contributed by atoms with van der Waals surface area (Å²) in [5, 5.41) is 0. The summed E-state index contributed by atoms with van der Waals surface area (Å²) < 4.78 is 50.9. The molecule has 0 bridgehead atoms. The summed E-state index contributed by atoms with van der Waals surface area (Å²) in [7, 11) is 0. The van der Waals surface area contributed by atoms with E-state index in [1.807, 2.05) is 0 Å². The molecule has 0 saturated carbocycles. The van der Waals surface area contributed by atoms with Crippen LogP contribution in [0.5, 0.6) is 5.75 Å². The molecule has 1 aromatic rings. The Morgan fingerprint density at radius 3 is 2.33 bits per heavy atom. The lowest BCUT2D eigenvalue weighted by Gasteiger charge is -2.29. The van der Waals surface area contributed by atoms with Gasteiger partial charge in [-0.3, -0.25) is 4.79 Å². The molecule has 1 aromatic carbocycles. The molecule has 0 aliphatic carbocycles. The molecule has 0 fully saturated rings. The number of hydrogen-bond donors (Lipinski definition) is 1. The maximum Gasteiger partial charge on any atom is 0.387 e. The van der Waals surface area contributed by atoms with E-state index in [9.17, 15) is 18.1 Å². The number of halogens is 3. The Kier molecular flexibility index (Phi) is 8.53. The smallest absolute Gasteiger partial charge is 0.387 e. The molecule has 1 unspecified atom stereocenters. The first-order valence-electron chi connectivity index (χ1n) is 8.34. The van der Waals surface area contributed by atoms with Crippen LogP contribution >= 0.6 is 15.9 Å². The zero-order valence-electron chi connectivity index (χ0n) is 16.3. The lowest BCUT2D eigenvalue weighted by molar-refractivity contribution is -0.155. The van der Waals surface area contributed by atoms with Crippen molar-refractivity contribution in [3.63, 3.8) is 0 Å². The SMILES string of the molecule is CC(C)(C)OC(=O)C[C@@H](N[S+]([O-])C(C)(C)C)c1c(Br)cccc1OC(F)F. The average Bonchev–Trinajstić information content (AvgIpc) is 2.42. The second-order valence-corrected chi connectivity index (χ2v) is 10.7. The van der Waals surface area contributed by atoms with Crippen molar-refractivity contribution in [2.75, 3.05) is 0 Å². The number of alkyl halides is 2. The minimum atomic E-state index is -3.03. The number of rotatable bonds is 7. The number of esters is 1. The second-order valence-electron chi connectivity index (χ2n) is 7.87. The molecule has 27 heavy (non-hydrogen) atoms. The normalized spacial score (nSPS) is 14.8. The first-order chi connectivity index (χ1) is 12.2. The van der Waals surface area contributed by atoms with Crippen molar-refractivity contribution in [2.45, 2.75) is 71.0 Å². The fraction of sp³-hybridized carbons (Fsp3) is 0.611. The number of hydrogen-bond acceptors (Lipinski definition) is 5. The predicted molar refractivity (Wildman–Crippen MR) is 105 cm³/mol. The third-order valence-electron chi connectivity index (χ3n) is 3.17. The van der Waals surface area contributed by atoms with Crippen LogP contribution in [-0.2, 0) is 20.9 Å². The fourth-order valence-corrected chi connectivity index (χ4v) is 3.55. The first-order valence-corrected chi connectivity index (χ1v) is 10.3. The topological polar surface area (TPSA) is 70.6 Å². The maximum atomic E-state index is 12.8. The van der Waals surface area contributed by atoms with E-state index in [1.165, 1.54) is 12.1 Å². The van der Waals surface area contributed by atoms with Crippen LogP contribution in [0.3, 0.4) is 0 Å². The van der Waals surface area contributed by atoms with E-state index in [1.54, 1.807) is 47.6 Å². The van der Waals surface area contributed by atoms with Crippen molar-refractivity contribution >= 4 is 33.3 Å². The van der Waals surface area contributed by atoms with Crippen LogP contribution in [0.1, 0.15) is 59.6 Å². The Bertz CT molecular complexity index is 647. The quantitative estimate of drug-likeness (QED) is 0.455. The van der Waals surface area contributed by atoms with Crippen LogP contribution < -0.4 is 9.46 Å². The summed E-state index contributed by atoms with van der Waals surface area (Å²) in [5.41, 5.74) is -0.428. The van der Waals surface area contributed by atoms with Crippen molar-refractivity contribution in [2.24, 2.45) is 0 Å². The molecular formula is C18H26BrF2NO4S. The van der Waals surface area contributed by atoms with E-state index in [0.717, 1.165) is 0 Å². The molecule has 0 aliphatic heterocycles. The molecule has 154 valence electrons. The fourth-order valence-electron chi connectivity index (χ4n) is 2.11. The number of benzene rings is 1. The highest BCUT2D eigenvalue weighted by Gasteiger charge is 2.34. The minimum Gasteiger partial charge on any atom is -0.598 e. The van der Waals surface area contributed by atoms with Crippen molar-refractivity contribution in [3.8, 4) is 5.75 Å². The van der Waals surface area contributed by atoms with E-state index in [0.29, 0.717) is 4.47 Å². The lowest BCUT2D eigenvalue weighted by atomic mass is 10.0. The first kappa shape index (κ1) is 24.1. The van der Waals surface area contributed by atoms with Crippen LogP contribution in [0, 0.1) is 0 Å². The number of carbonyl (C=O) groups is 1. The minimum absolute atomic E-state index is 0.105. The van der Waals surface area contributed by atoms with Gasteiger partial charge in [0.15, 0.2) is 0 Å². The maximum absolute atomic E-state index is 12.8. The summed E-state index contributed by atoms with van der Waals surface area (Å²) >= 11 is 1.76. The number of nitrogens with one attached hydrogen (secondary N) is 1. The van der Waals surface area contributed by atoms with E-state index in [4.69, 9.17) is 4.74 Å². The molecule has 5 nitrogen and oxygen atoms in total. The molecular weight excluding hydrogens is 444 g/mol. The third-order valence-corrected chi connectivity index (χ3v) is 5.48. The molecule has 1 N–H and O–H groups in total. The Labute approximate surface area is 170 Å². The van der Waals surface area contributed by atoms with Crippen LogP contribution in [0.25, 0.3) is 0 Å². The Morgan fingerprint density at radius 2 is 1.85 bits per heavy atom. The summed E-state index contributed by atoms with van der Waals surface area (Å²) in [5.74, 6) is -0.656. The zero-order chi connectivity index (χ0) is 21.0. The van der Waals surface area contributed by atoms with Crippen LogP contribution in [0.15, 0.2) is 22.7 Å². The van der Waals surface area contributed by atoms with Gasteiger partial charge in [-0.25, -0.2) is 0 Å². The van der Waals surface area contributed by atoms with Crippen molar-refractivity contribution < 1.29 is 27.6 Å². The number of carbonyl (C=O) groups excluding carboxylic acids is 1. The van der Waals surface area contributed by atoms with Gasteiger partial charge < -0.3 is 14.0 Å². The molecule has 1 rings (SSSR count). The molecule has 0 saturated heterocycles. The van der Waals surface area contributed by atoms with Crippen LogP contribution in [-0.4, -0.2) is 27.5 Å². The molecule has 0 spiro atoms. The van der Waals surface area contributed by atoms with Gasteiger partial charge in [-0.2, -0.15) is 8.78 Å². The highest BCUT2D eigenvalue weighted by Crippen LogP contribution is 2.36. The summed E-state index contributed by atoms with van der Waals surface area (Å²) in [6, 6.07) is 3.69. The van der Waals surface area contributed by atoms with Gasteiger partial charge in [0.25, 0.3) is 0 Å². The van der Waals surface area contributed by atoms with E-state index in [2.05, 4.69) is 25.4 Å². The Hall–Kier alpha value is -0.900. The standard InChI is InChI=1S/C18H26BrF2NO4S/c1-17(2,3)26-14(23)10-12(22-27(24)18(4,5)6)15-11(19)8-7-9-13(15)25-16(20)21/h7-9,12,16,22H,10H2,1-6H3/t12-,27?/m1/s1. The van der Waals surface area contributed by atoms with Crippen LogP contribution in [0.4, 0.5) is 8.78 Å². The van der Waals surface area contributed by atoms with Gasteiger partial charge in [-0.1, -0.05) is 22.0 Å². The van der Waals surface area contributed by atoms with Crippen molar-refractivity contribution in [3.05, 3.63) is 28.2 Å². The van der Waals surface area contributed by atoms with E-state index >= 15 is 0 Å². The van der Waals surface area contributed by atoms with E-state index < -0.39 is 40.3 Å². The second kappa shape index (κ2) is 9.54. The van der Waals surface area contributed by atoms with Crippen LogP contribution in [0.2, 0.25) is 0 Å². The van der Waals surface area contributed by atoms with Gasteiger partial charge in [-0.15, -0.1) is 4.72 Å². The molecule has 0 radical (unpaired) electrons. The lowest BCUT2D eigenvalue weighted by Crippen LogP contribution is -2.42. The van der Waals surface area contributed by atoms with Gasteiger partial charge in [-0.05, 0) is 53.7 Å². The van der Waals surface area contributed by atoms with Gasteiger partial charge >= 0.3 is 12.6 Å². The molecule has 0 heterocycles. The monoisotopic (exact) mass is 469 g/mol. The summed E-state index contributed by atoms with van der Waals surface area (Å²) in [4.78, 5) is 12.4. The van der Waals surface area contributed by atoms with Gasteiger partial charge in [0, 0.05) is 21.4 Å². The summed E-state index contributed by atoms with van der Waals surface area (Å²) in [6.07, 6.45) is -0.207. The van der Waals surface area contributed by atoms with E-state index in [-0.39, 0.29) is 17.7 Å². The molecule has 2 atom stereocenters. The molecule has 0 aliphatic rings. The van der Waals surface area contributed by atoms with Gasteiger partial charge in [0.05, 0.1) is 12.5 Å². The zero-order valence-corrected chi connectivity index (χ0v) is 18.7. The highest BCUT2D eigenvalue weighted by molar-refractivity contribution is 9.10. The van der Waals surface area contributed by atoms with Gasteiger partial charge in [0.1, 0.15) is 16.1 Å².